The molecule has 0 aliphatic heterocycles. The molecule has 0 fully saturated rings. The van der Waals surface area contributed by atoms with Crippen molar-refractivity contribution in [2.45, 2.75) is 13.8 Å². The summed E-state index contributed by atoms with van der Waals surface area (Å²) in [4.78, 5) is 29.6. The molecule has 0 aliphatic rings. The Balaban J connectivity index is 1.45. The van der Waals surface area contributed by atoms with E-state index in [0.29, 0.717) is 33.5 Å². The maximum atomic E-state index is 12.6. The molecular formula is C24H22ClN5O3. The minimum Gasteiger partial charge on any atom is -0.466 e. The van der Waals surface area contributed by atoms with Gasteiger partial charge in [0.2, 0.25) is 5.88 Å². The van der Waals surface area contributed by atoms with Crippen LogP contribution in [0.2, 0.25) is 5.02 Å². The van der Waals surface area contributed by atoms with Gasteiger partial charge in [0, 0.05) is 23.3 Å². The van der Waals surface area contributed by atoms with E-state index in [1.165, 1.54) is 0 Å². The summed E-state index contributed by atoms with van der Waals surface area (Å²) in [6.07, 6.45) is 0. The van der Waals surface area contributed by atoms with E-state index < -0.39 is 0 Å². The number of ether oxygens (including phenoxy) is 1. The van der Waals surface area contributed by atoms with Gasteiger partial charge in [-0.25, -0.2) is 9.67 Å². The van der Waals surface area contributed by atoms with Crippen molar-refractivity contribution < 1.29 is 14.3 Å². The van der Waals surface area contributed by atoms with Crippen LogP contribution < -0.4 is 15.4 Å². The van der Waals surface area contributed by atoms with E-state index in [2.05, 4.69) is 20.7 Å². The molecule has 8 nitrogen and oxygen atoms in total. The number of amides is 2. The molecule has 2 amide bonds. The topological polar surface area (TPSA) is 98.1 Å². The first-order chi connectivity index (χ1) is 15.8. The molecule has 0 bridgehead atoms. The molecule has 0 saturated heterocycles. The molecule has 2 heterocycles. The average Bonchev–Trinajstić information content (AvgIpc) is 3.09. The minimum atomic E-state index is -0.389. The number of benzene rings is 2. The summed E-state index contributed by atoms with van der Waals surface area (Å²) in [5.41, 5.74) is 3.90. The third-order valence-electron chi connectivity index (χ3n) is 4.98. The SMILES string of the molecule is Cc1cc(C)c2c(OCC(=O)Nc3ccccc3NC(=O)c3ccc(Cl)cc3)nn(C)c2n1. The number of aromatic nitrogens is 3. The number of hydrogen-bond donors (Lipinski definition) is 2. The number of carbonyl (C=O) groups excluding carboxylic acids is 2. The van der Waals surface area contributed by atoms with Crippen LogP contribution in [0.15, 0.2) is 54.6 Å². The van der Waals surface area contributed by atoms with Crippen LogP contribution in [0.5, 0.6) is 5.88 Å². The Morgan fingerprint density at radius 2 is 1.70 bits per heavy atom. The van der Waals surface area contributed by atoms with Crippen molar-refractivity contribution in [1.82, 2.24) is 14.8 Å². The molecule has 168 valence electrons. The fourth-order valence-corrected chi connectivity index (χ4v) is 3.59. The number of halogens is 1. The first-order valence-corrected chi connectivity index (χ1v) is 10.6. The van der Waals surface area contributed by atoms with Gasteiger partial charge in [0.1, 0.15) is 0 Å². The molecule has 9 heteroatoms. The Hall–Kier alpha value is -3.91. The van der Waals surface area contributed by atoms with Crippen LogP contribution in [-0.2, 0) is 11.8 Å². The van der Waals surface area contributed by atoms with Crippen LogP contribution in [0, 0.1) is 13.8 Å². The van der Waals surface area contributed by atoms with Crippen LogP contribution in [0.3, 0.4) is 0 Å². The van der Waals surface area contributed by atoms with Gasteiger partial charge < -0.3 is 15.4 Å². The summed E-state index contributed by atoms with van der Waals surface area (Å²) in [6, 6.07) is 15.4. The molecule has 2 aromatic carbocycles. The van der Waals surface area contributed by atoms with Gasteiger partial charge in [-0.15, -0.1) is 5.10 Å². The number of aryl methyl sites for hydroxylation is 3. The monoisotopic (exact) mass is 463 g/mol. The number of hydrogen-bond acceptors (Lipinski definition) is 5. The molecule has 0 atom stereocenters. The number of anilines is 2. The lowest BCUT2D eigenvalue weighted by atomic mass is 10.2. The second-order valence-electron chi connectivity index (χ2n) is 7.55. The highest BCUT2D eigenvalue weighted by atomic mass is 35.5. The molecule has 0 aliphatic carbocycles. The Morgan fingerprint density at radius 1 is 1.03 bits per heavy atom. The van der Waals surface area contributed by atoms with Crippen molar-refractivity contribution >= 4 is 45.8 Å². The number of nitrogens with zero attached hydrogens (tertiary/aromatic N) is 3. The Bertz CT molecular complexity index is 1350. The third-order valence-corrected chi connectivity index (χ3v) is 5.23. The van der Waals surface area contributed by atoms with Crippen LogP contribution in [0.1, 0.15) is 21.6 Å². The number of para-hydroxylation sites is 2. The van der Waals surface area contributed by atoms with E-state index in [-0.39, 0.29) is 18.4 Å². The number of carbonyl (C=O) groups is 2. The molecule has 2 N–H and O–H groups in total. The minimum absolute atomic E-state index is 0.251. The number of pyridine rings is 1. The molecule has 2 aromatic heterocycles. The van der Waals surface area contributed by atoms with Gasteiger partial charge in [-0.2, -0.15) is 0 Å². The quantitative estimate of drug-likeness (QED) is 0.438. The van der Waals surface area contributed by atoms with Gasteiger partial charge >= 0.3 is 0 Å². The first kappa shape index (κ1) is 22.3. The summed E-state index contributed by atoms with van der Waals surface area (Å²) in [5, 5.41) is 11.2. The Morgan fingerprint density at radius 3 is 2.39 bits per heavy atom. The molecule has 0 spiro atoms. The van der Waals surface area contributed by atoms with E-state index in [9.17, 15) is 9.59 Å². The van der Waals surface area contributed by atoms with Gasteiger partial charge in [0.05, 0.1) is 16.8 Å². The third kappa shape index (κ3) is 4.96. The second-order valence-corrected chi connectivity index (χ2v) is 7.99. The number of nitrogens with one attached hydrogen (secondary N) is 2. The largest absolute Gasteiger partial charge is 0.466 e. The Kier molecular flexibility index (Phi) is 6.28. The van der Waals surface area contributed by atoms with Gasteiger partial charge in [0.15, 0.2) is 12.3 Å². The van der Waals surface area contributed by atoms with Crippen LogP contribution in [0.25, 0.3) is 11.0 Å². The lowest BCUT2D eigenvalue weighted by molar-refractivity contribution is -0.118. The van der Waals surface area contributed by atoms with E-state index in [0.717, 1.165) is 16.6 Å². The zero-order chi connectivity index (χ0) is 23.5. The molecule has 33 heavy (non-hydrogen) atoms. The van der Waals surface area contributed by atoms with E-state index in [1.807, 2.05) is 19.9 Å². The maximum absolute atomic E-state index is 12.6. The zero-order valence-electron chi connectivity index (χ0n) is 18.3. The highest BCUT2D eigenvalue weighted by Gasteiger charge is 2.16. The lowest BCUT2D eigenvalue weighted by Crippen LogP contribution is -2.22. The predicted octanol–water partition coefficient (Wildman–Crippen LogP) is 4.51. The number of rotatable bonds is 6. The van der Waals surface area contributed by atoms with Crippen molar-refractivity contribution in [3.8, 4) is 5.88 Å². The van der Waals surface area contributed by atoms with Crippen molar-refractivity contribution in [2.24, 2.45) is 7.05 Å². The molecule has 0 saturated carbocycles. The van der Waals surface area contributed by atoms with Gasteiger partial charge in [-0.3, -0.25) is 9.59 Å². The summed E-state index contributed by atoms with van der Waals surface area (Å²) in [5.74, 6) is -0.362. The molecule has 4 aromatic rings. The summed E-state index contributed by atoms with van der Waals surface area (Å²) in [7, 11) is 1.78. The summed E-state index contributed by atoms with van der Waals surface area (Å²) < 4.78 is 7.34. The first-order valence-electron chi connectivity index (χ1n) is 10.2. The normalized spacial score (nSPS) is 10.8. The highest BCUT2D eigenvalue weighted by Crippen LogP contribution is 2.27. The summed E-state index contributed by atoms with van der Waals surface area (Å²) >= 11 is 5.88. The number of fused-ring (bicyclic) bond motifs is 1. The van der Waals surface area contributed by atoms with Crippen LogP contribution in [-0.4, -0.2) is 33.2 Å². The van der Waals surface area contributed by atoms with Crippen molar-refractivity contribution in [3.63, 3.8) is 0 Å². The molecule has 0 unspecified atom stereocenters. The summed E-state index contributed by atoms with van der Waals surface area (Å²) in [6.45, 7) is 3.61. The van der Waals surface area contributed by atoms with E-state index in [4.69, 9.17) is 16.3 Å². The van der Waals surface area contributed by atoms with Crippen LogP contribution >= 0.6 is 11.6 Å². The van der Waals surface area contributed by atoms with Gasteiger partial charge in [-0.1, -0.05) is 23.7 Å². The smallest absolute Gasteiger partial charge is 0.262 e. The fraction of sp³-hybridized carbons (Fsp3) is 0.167. The average molecular weight is 464 g/mol. The van der Waals surface area contributed by atoms with Crippen LogP contribution in [0.4, 0.5) is 11.4 Å². The molecular weight excluding hydrogens is 442 g/mol. The van der Waals surface area contributed by atoms with E-state index >= 15 is 0 Å². The molecule has 4 rings (SSSR count). The lowest BCUT2D eigenvalue weighted by Gasteiger charge is -2.12. The predicted molar refractivity (Wildman–Crippen MR) is 128 cm³/mol. The molecule has 0 radical (unpaired) electrons. The maximum Gasteiger partial charge on any atom is 0.262 e. The highest BCUT2D eigenvalue weighted by molar-refractivity contribution is 6.30. The van der Waals surface area contributed by atoms with Gasteiger partial charge in [-0.05, 0) is 61.9 Å². The zero-order valence-corrected chi connectivity index (χ0v) is 19.1. The standard InChI is InChI=1S/C24H22ClN5O3/c1-14-12-15(2)26-22-21(14)24(29-30(22)3)33-13-20(31)27-18-6-4-5-7-19(18)28-23(32)16-8-10-17(25)11-9-16/h4-12H,13H2,1-3H3,(H,27,31)(H,28,32). The fourth-order valence-electron chi connectivity index (χ4n) is 3.47. The van der Waals surface area contributed by atoms with Crippen molar-refractivity contribution in [2.75, 3.05) is 17.2 Å². The van der Waals surface area contributed by atoms with Crippen molar-refractivity contribution in [3.05, 3.63) is 76.4 Å². The second kappa shape index (κ2) is 9.30. The van der Waals surface area contributed by atoms with Gasteiger partial charge in [0.25, 0.3) is 11.8 Å². The van der Waals surface area contributed by atoms with Crippen molar-refractivity contribution in [1.29, 1.82) is 0 Å². The van der Waals surface area contributed by atoms with E-state index in [1.54, 1.807) is 60.3 Å². The Labute approximate surface area is 195 Å².